The smallest absolute Gasteiger partial charge is 0.356 e. The van der Waals surface area contributed by atoms with Gasteiger partial charge in [0, 0.05) is 23.1 Å². The van der Waals surface area contributed by atoms with Crippen molar-refractivity contribution < 1.29 is 19.1 Å². The molecular weight excluding hydrogens is 402 g/mol. The number of benzene rings is 3. The molecule has 0 saturated heterocycles. The van der Waals surface area contributed by atoms with Gasteiger partial charge in [-0.15, -0.1) is 0 Å². The molecule has 0 saturated carbocycles. The molecule has 0 atom stereocenters. The Hall–Kier alpha value is -3.99. The lowest BCUT2D eigenvalue weighted by Crippen LogP contribution is -2.11. The fraction of sp³-hybridized carbons (Fsp3) is 0.148. The summed E-state index contributed by atoms with van der Waals surface area (Å²) >= 11 is 0. The van der Waals surface area contributed by atoms with Gasteiger partial charge in [-0.2, -0.15) is 0 Å². The summed E-state index contributed by atoms with van der Waals surface area (Å²) in [6.07, 6.45) is 1.54. The maximum absolute atomic E-state index is 12.7. The van der Waals surface area contributed by atoms with Crippen LogP contribution >= 0.6 is 0 Å². The minimum absolute atomic E-state index is 0.0147. The molecule has 0 unspecified atom stereocenters. The second-order valence-corrected chi connectivity index (χ2v) is 6.86. The Kier molecular flexibility index (Phi) is 8.09. The maximum Gasteiger partial charge on any atom is 0.356 e. The molecule has 3 aromatic rings. The molecule has 0 aromatic heterocycles. The maximum atomic E-state index is 12.7. The zero-order valence-corrected chi connectivity index (χ0v) is 18.2. The van der Waals surface area contributed by atoms with E-state index < -0.39 is 5.97 Å². The first-order valence-electron chi connectivity index (χ1n) is 10.4. The topological polar surface area (TPSA) is 65.0 Å². The normalized spacial score (nSPS) is 10.9. The summed E-state index contributed by atoms with van der Waals surface area (Å²) in [6, 6.07) is 26.0. The predicted octanol–water partition coefficient (Wildman–Crippen LogP) is 5.25. The van der Waals surface area contributed by atoms with Crippen LogP contribution in [-0.2, 0) is 9.53 Å². The summed E-state index contributed by atoms with van der Waals surface area (Å²) in [5, 5.41) is 0. The second kappa shape index (κ2) is 11.4. The quantitative estimate of drug-likeness (QED) is 0.202. The van der Waals surface area contributed by atoms with Gasteiger partial charge in [-0.3, -0.25) is 4.79 Å². The molecule has 32 heavy (non-hydrogen) atoms. The molecule has 3 aromatic carbocycles. The second-order valence-electron chi connectivity index (χ2n) is 6.86. The van der Waals surface area contributed by atoms with E-state index in [4.69, 9.17) is 9.47 Å². The number of nitrogens with zero attached hydrogens (tertiary/aromatic N) is 1. The molecule has 5 heteroatoms. The van der Waals surface area contributed by atoms with Gasteiger partial charge in [-0.25, -0.2) is 9.79 Å². The zero-order valence-electron chi connectivity index (χ0n) is 18.2. The van der Waals surface area contributed by atoms with Crippen molar-refractivity contribution in [2.75, 3.05) is 13.7 Å². The molecule has 3 rings (SSSR count). The highest BCUT2D eigenvalue weighted by Gasteiger charge is 2.15. The largest absolute Gasteiger partial charge is 0.497 e. The highest BCUT2D eigenvalue weighted by Crippen LogP contribution is 2.17. The monoisotopic (exact) mass is 427 g/mol. The molecular formula is C27H25NO4. The average Bonchev–Trinajstić information content (AvgIpc) is 2.85. The first kappa shape index (κ1) is 22.7. The van der Waals surface area contributed by atoms with Gasteiger partial charge in [-0.05, 0) is 37.3 Å². The molecule has 0 aliphatic rings. The lowest BCUT2D eigenvalue weighted by atomic mass is 10.0. The van der Waals surface area contributed by atoms with Crippen molar-refractivity contribution >= 4 is 17.5 Å². The first-order chi connectivity index (χ1) is 15.6. The molecule has 162 valence electrons. The fourth-order valence-electron chi connectivity index (χ4n) is 3.07. The molecule has 0 N–H and O–H groups in total. The van der Waals surface area contributed by atoms with Crippen molar-refractivity contribution in [1.29, 1.82) is 0 Å². The van der Waals surface area contributed by atoms with Gasteiger partial charge in [0.2, 0.25) is 0 Å². The van der Waals surface area contributed by atoms with Crippen LogP contribution in [0.4, 0.5) is 0 Å². The molecule has 5 nitrogen and oxygen atoms in total. The van der Waals surface area contributed by atoms with Crippen LogP contribution in [0.5, 0.6) is 5.75 Å². The summed E-state index contributed by atoms with van der Waals surface area (Å²) in [4.78, 5) is 30.0. The van der Waals surface area contributed by atoms with E-state index in [9.17, 15) is 9.59 Å². The van der Waals surface area contributed by atoms with Crippen LogP contribution in [0.2, 0.25) is 0 Å². The summed E-state index contributed by atoms with van der Waals surface area (Å²) in [5.74, 6) is -0.0331. The highest BCUT2D eigenvalue weighted by molar-refractivity contribution is 6.14. The van der Waals surface area contributed by atoms with Crippen molar-refractivity contribution in [2.24, 2.45) is 4.99 Å². The van der Waals surface area contributed by atoms with Crippen LogP contribution in [0.25, 0.3) is 0 Å². The van der Waals surface area contributed by atoms with Crippen LogP contribution in [0, 0.1) is 0 Å². The Balaban J connectivity index is 1.97. The van der Waals surface area contributed by atoms with Crippen molar-refractivity contribution in [3.63, 3.8) is 0 Å². The van der Waals surface area contributed by atoms with Gasteiger partial charge < -0.3 is 9.47 Å². The molecule has 0 radical (unpaired) electrons. The van der Waals surface area contributed by atoms with E-state index in [0.29, 0.717) is 17.0 Å². The third kappa shape index (κ3) is 6.01. The number of hydrogen-bond donors (Lipinski definition) is 0. The Bertz CT molecular complexity index is 1060. The van der Waals surface area contributed by atoms with Crippen molar-refractivity contribution in [2.45, 2.75) is 13.3 Å². The van der Waals surface area contributed by atoms with Crippen molar-refractivity contribution in [3.8, 4) is 5.75 Å². The number of carbonyl (C=O) groups is 2. The van der Waals surface area contributed by atoms with Gasteiger partial charge in [0.15, 0.2) is 5.78 Å². The summed E-state index contributed by atoms with van der Waals surface area (Å²) in [5.41, 5.74) is 2.96. The molecule has 0 heterocycles. The van der Waals surface area contributed by atoms with Crippen molar-refractivity contribution in [3.05, 3.63) is 113 Å². The third-order valence-corrected chi connectivity index (χ3v) is 4.70. The lowest BCUT2D eigenvalue weighted by molar-refractivity contribution is -0.138. The summed E-state index contributed by atoms with van der Waals surface area (Å²) < 4.78 is 10.3. The Morgan fingerprint density at radius 3 is 1.88 bits per heavy atom. The number of allylic oxidation sites excluding steroid dienone is 1. The first-order valence-corrected chi connectivity index (χ1v) is 10.4. The Morgan fingerprint density at radius 2 is 1.38 bits per heavy atom. The number of esters is 1. The number of methoxy groups -OCH3 is 1. The van der Waals surface area contributed by atoms with E-state index in [-0.39, 0.29) is 24.5 Å². The van der Waals surface area contributed by atoms with Gasteiger partial charge in [0.25, 0.3) is 0 Å². The van der Waals surface area contributed by atoms with E-state index in [2.05, 4.69) is 4.99 Å². The molecule has 0 bridgehead atoms. The average molecular weight is 428 g/mol. The van der Waals surface area contributed by atoms with Crippen LogP contribution in [0.3, 0.4) is 0 Å². The van der Waals surface area contributed by atoms with E-state index in [1.54, 1.807) is 38.3 Å². The molecule has 0 spiro atoms. The highest BCUT2D eigenvalue weighted by atomic mass is 16.5. The van der Waals surface area contributed by atoms with E-state index in [0.717, 1.165) is 11.1 Å². The van der Waals surface area contributed by atoms with E-state index in [1.807, 2.05) is 60.7 Å². The van der Waals surface area contributed by atoms with E-state index >= 15 is 0 Å². The number of aliphatic imine (C=N–C) groups is 1. The molecule has 0 fully saturated rings. The molecule has 0 aliphatic carbocycles. The minimum atomic E-state index is -0.570. The number of rotatable bonds is 9. The predicted molar refractivity (Wildman–Crippen MR) is 125 cm³/mol. The van der Waals surface area contributed by atoms with Crippen molar-refractivity contribution in [1.82, 2.24) is 0 Å². The zero-order chi connectivity index (χ0) is 22.8. The SMILES string of the molecule is CCOC(=O)/C(=C\CC(=O)c1ccc(OC)cc1)N=C(c1ccccc1)c1ccccc1. The van der Waals surface area contributed by atoms with Crippen LogP contribution in [0.15, 0.2) is 102 Å². The third-order valence-electron chi connectivity index (χ3n) is 4.70. The van der Waals surface area contributed by atoms with Gasteiger partial charge in [0.1, 0.15) is 11.4 Å². The fourth-order valence-corrected chi connectivity index (χ4v) is 3.07. The number of carbonyl (C=O) groups excluding carboxylic acids is 2. The molecule has 0 aliphatic heterocycles. The van der Waals surface area contributed by atoms with Gasteiger partial charge in [0.05, 0.1) is 19.4 Å². The van der Waals surface area contributed by atoms with Gasteiger partial charge >= 0.3 is 5.97 Å². The van der Waals surface area contributed by atoms with Gasteiger partial charge in [-0.1, -0.05) is 60.7 Å². The van der Waals surface area contributed by atoms with Crippen LogP contribution in [-0.4, -0.2) is 31.2 Å². The Morgan fingerprint density at radius 1 is 0.812 bits per heavy atom. The number of Topliss-reactive ketones (excluding diaryl/α,β-unsaturated/α-hetero) is 1. The summed E-state index contributed by atoms with van der Waals surface area (Å²) in [7, 11) is 1.57. The molecule has 0 amide bonds. The minimum Gasteiger partial charge on any atom is -0.497 e. The van der Waals surface area contributed by atoms with E-state index in [1.165, 1.54) is 6.08 Å². The Labute approximate surface area is 188 Å². The van der Waals surface area contributed by atoms with Crippen LogP contribution < -0.4 is 4.74 Å². The van der Waals surface area contributed by atoms with Crippen LogP contribution in [0.1, 0.15) is 34.8 Å². The number of hydrogen-bond acceptors (Lipinski definition) is 5. The lowest BCUT2D eigenvalue weighted by Gasteiger charge is -2.10. The standard InChI is InChI=1S/C27H25NO4/c1-3-32-27(30)24(18-19-25(29)20-14-16-23(31-2)17-15-20)28-26(21-10-6-4-7-11-21)22-12-8-5-9-13-22/h4-18H,3,19H2,1-2H3/b24-18+. The number of ketones is 1. The summed E-state index contributed by atoms with van der Waals surface area (Å²) in [6.45, 7) is 1.95. The number of ether oxygens (including phenoxy) is 2.